The molecule has 2 rings (SSSR count). The van der Waals surface area contributed by atoms with Crippen LogP contribution in [-0.2, 0) is 11.2 Å². The van der Waals surface area contributed by atoms with Gasteiger partial charge < -0.3 is 0 Å². The Morgan fingerprint density at radius 1 is 1.15 bits per heavy atom. The van der Waals surface area contributed by atoms with E-state index in [1.807, 2.05) is 24.3 Å². The summed E-state index contributed by atoms with van der Waals surface area (Å²) in [7, 11) is 0. The predicted octanol–water partition coefficient (Wildman–Crippen LogP) is 4.77. The van der Waals surface area contributed by atoms with E-state index >= 15 is 0 Å². The van der Waals surface area contributed by atoms with Gasteiger partial charge >= 0.3 is 6.18 Å². The molecule has 20 heavy (non-hydrogen) atoms. The Morgan fingerprint density at radius 3 is 2.35 bits per heavy atom. The SMILES string of the molecule is O=C(Cc1ccc(I)cc1)C1CCCCC1C(F)(F)F. The molecule has 2 atom stereocenters. The van der Waals surface area contributed by atoms with E-state index in [2.05, 4.69) is 22.6 Å². The number of Topliss-reactive ketones (excluding diaryl/α,β-unsaturated/α-hetero) is 1. The van der Waals surface area contributed by atoms with Gasteiger partial charge in [-0.2, -0.15) is 13.2 Å². The summed E-state index contributed by atoms with van der Waals surface area (Å²) in [5.74, 6) is -2.58. The van der Waals surface area contributed by atoms with Gasteiger partial charge in [-0.25, -0.2) is 0 Å². The second-order valence-electron chi connectivity index (χ2n) is 5.31. The second-order valence-corrected chi connectivity index (χ2v) is 6.55. The molecular formula is C15H16F3IO. The smallest absolute Gasteiger partial charge is 0.299 e. The summed E-state index contributed by atoms with van der Waals surface area (Å²) in [5, 5.41) is 0. The van der Waals surface area contributed by atoms with Crippen molar-refractivity contribution in [3.63, 3.8) is 0 Å². The summed E-state index contributed by atoms with van der Waals surface area (Å²) in [6.45, 7) is 0. The minimum Gasteiger partial charge on any atom is -0.299 e. The summed E-state index contributed by atoms with van der Waals surface area (Å²) in [6, 6.07) is 7.35. The highest BCUT2D eigenvalue weighted by molar-refractivity contribution is 14.1. The molecule has 1 fully saturated rings. The van der Waals surface area contributed by atoms with Crippen molar-refractivity contribution < 1.29 is 18.0 Å². The number of ketones is 1. The van der Waals surface area contributed by atoms with Crippen LogP contribution in [0.5, 0.6) is 0 Å². The third-order valence-electron chi connectivity index (χ3n) is 3.89. The van der Waals surface area contributed by atoms with Crippen LogP contribution in [0.15, 0.2) is 24.3 Å². The lowest BCUT2D eigenvalue weighted by atomic mass is 9.75. The molecule has 1 aliphatic rings. The normalized spacial score (nSPS) is 23.6. The molecule has 0 aromatic heterocycles. The van der Waals surface area contributed by atoms with Crippen LogP contribution >= 0.6 is 22.6 Å². The molecule has 1 nitrogen and oxygen atoms in total. The third-order valence-corrected chi connectivity index (χ3v) is 4.61. The monoisotopic (exact) mass is 396 g/mol. The van der Waals surface area contributed by atoms with Crippen molar-refractivity contribution in [1.82, 2.24) is 0 Å². The molecule has 1 aliphatic carbocycles. The highest BCUT2D eigenvalue weighted by atomic mass is 127. The zero-order valence-electron chi connectivity index (χ0n) is 10.9. The van der Waals surface area contributed by atoms with Crippen molar-refractivity contribution in [1.29, 1.82) is 0 Å². The maximum Gasteiger partial charge on any atom is 0.392 e. The highest BCUT2D eigenvalue weighted by Crippen LogP contribution is 2.42. The van der Waals surface area contributed by atoms with Crippen molar-refractivity contribution in [2.75, 3.05) is 0 Å². The standard InChI is InChI=1S/C15H16F3IO/c16-15(17,18)13-4-2-1-3-12(13)14(20)9-10-5-7-11(19)8-6-10/h5-8,12-13H,1-4,9H2. The molecule has 1 aromatic rings. The van der Waals surface area contributed by atoms with Gasteiger partial charge in [0.15, 0.2) is 0 Å². The summed E-state index contributed by atoms with van der Waals surface area (Å²) in [4.78, 5) is 12.2. The Bertz CT molecular complexity index is 467. The molecule has 1 saturated carbocycles. The van der Waals surface area contributed by atoms with Crippen molar-refractivity contribution in [3.05, 3.63) is 33.4 Å². The van der Waals surface area contributed by atoms with Crippen LogP contribution in [0, 0.1) is 15.4 Å². The van der Waals surface area contributed by atoms with Gasteiger partial charge in [0.25, 0.3) is 0 Å². The van der Waals surface area contributed by atoms with E-state index in [4.69, 9.17) is 0 Å². The number of carbonyl (C=O) groups is 1. The van der Waals surface area contributed by atoms with Gasteiger partial charge in [0, 0.05) is 15.9 Å². The number of benzene rings is 1. The summed E-state index contributed by atoms with van der Waals surface area (Å²) in [5.41, 5.74) is 0.793. The second kappa shape index (κ2) is 6.45. The Hall–Kier alpha value is -0.590. The fourth-order valence-corrected chi connectivity index (χ4v) is 3.20. The Labute approximate surface area is 130 Å². The van der Waals surface area contributed by atoms with Crippen molar-refractivity contribution in [2.24, 2.45) is 11.8 Å². The zero-order chi connectivity index (χ0) is 14.8. The number of carbonyl (C=O) groups excluding carboxylic acids is 1. The summed E-state index contributed by atoms with van der Waals surface area (Å²) < 4.78 is 40.0. The number of hydrogen-bond donors (Lipinski definition) is 0. The molecule has 0 aliphatic heterocycles. The molecule has 110 valence electrons. The van der Waals surface area contributed by atoms with Gasteiger partial charge in [0.1, 0.15) is 5.78 Å². The molecule has 1 aromatic carbocycles. The molecular weight excluding hydrogens is 380 g/mol. The Kier molecular flexibility index (Phi) is 5.09. The van der Waals surface area contributed by atoms with E-state index < -0.39 is 18.0 Å². The summed E-state index contributed by atoms with van der Waals surface area (Å²) >= 11 is 2.15. The lowest BCUT2D eigenvalue weighted by molar-refractivity contribution is -0.197. The first-order valence-corrected chi connectivity index (χ1v) is 7.79. The number of halogens is 4. The van der Waals surface area contributed by atoms with Crippen LogP contribution in [0.3, 0.4) is 0 Å². The molecule has 0 heterocycles. The molecule has 0 amide bonds. The van der Waals surface area contributed by atoms with Crippen LogP contribution in [0.2, 0.25) is 0 Å². The van der Waals surface area contributed by atoms with Gasteiger partial charge in [0.05, 0.1) is 5.92 Å². The highest BCUT2D eigenvalue weighted by Gasteiger charge is 2.47. The molecule has 0 saturated heterocycles. The molecule has 5 heteroatoms. The van der Waals surface area contributed by atoms with Crippen molar-refractivity contribution >= 4 is 28.4 Å². The lowest BCUT2D eigenvalue weighted by Gasteiger charge is -2.32. The third kappa shape index (κ3) is 3.96. The predicted molar refractivity (Wildman–Crippen MR) is 79.4 cm³/mol. The van der Waals surface area contributed by atoms with Crippen LogP contribution in [0.4, 0.5) is 13.2 Å². The van der Waals surface area contributed by atoms with E-state index in [-0.39, 0.29) is 18.6 Å². The van der Waals surface area contributed by atoms with E-state index in [1.54, 1.807) is 0 Å². The van der Waals surface area contributed by atoms with Crippen LogP contribution in [-0.4, -0.2) is 12.0 Å². The molecule has 2 unspecified atom stereocenters. The van der Waals surface area contributed by atoms with Crippen LogP contribution < -0.4 is 0 Å². The quantitative estimate of drug-likeness (QED) is 0.673. The van der Waals surface area contributed by atoms with Crippen molar-refractivity contribution in [2.45, 2.75) is 38.3 Å². The van der Waals surface area contributed by atoms with E-state index in [0.717, 1.165) is 15.6 Å². The van der Waals surface area contributed by atoms with E-state index in [1.165, 1.54) is 0 Å². The minimum absolute atomic E-state index is 0.0899. The lowest BCUT2D eigenvalue weighted by Crippen LogP contribution is -2.37. The topological polar surface area (TPSA) is 17.1 Å². The first-order chi connectivity index (χ1) is 9.38. The van der Waals surface area contributed by atoms with Crippen molar-refractivity contribution in [3.8, 4) is 0 Å². The largest absolute Gasteiger partial charge is 0.392 e. The molecule has 0 N–H and O–H groups in total. The van der Waals surface area contributed by atoms with E-state index in [9.17, 15) is 18.0 Å². The summed E-state index contributed by atoms with van der Waals surface area (Å²) in [6.07, 6.45) is -2.41. The molecule has 0 bridgehead atoms. The first-order valence-electron chi connectivity index (χ1n) is 6.72. The average molecular weight is 396 g/mol. The van der Waals surface area contributed by atoms with Gasteiger partial charge in [-0.15, -0.1) is 0 Å². The molecule has 0 spiro atoms. The minimum atomic E-state index is -4.26. The van der Waals surface area contributed by atoms with Gasteiger partial charge in [-0.1, -0.05) is 25.0 Å². The fraction of sp³-hybridized carbons (Fsp3) is 0.533. The van der Waals surface area contributed by atoms with Gasteiger partial charge in [-0.3, -0.25) is 4.79 Å². The molecule has 0 radical (unpaired) electrons. The zero-order valence-corrected chi connectivity index (χ0v) is 13.1. The Morgan fingerprint density at radius 2 is 1.75 bits per heavy atom. The maximum absolute atomic E-state index is 13.0. The van der Waals surface area contributed by atoms with E-state index in [0.29, 0.717) is 12.8 Å². The average Bonchev–Trinajstić information content (AvgIpc) is 2.40. The van der Waals surface area contributed by atoms with Crippen LogP contribution in [0.25, 0.3) is 0 Å². The Balaban J connectivity index is 2.08. The fourth-order valence-electron chi connectivity index (χ4n) is 2.84. The first kappa shape index (κ1) is 15.8. The van der Waals surface area contributed by atoms with Crippen LogP contribution in [0.1, 0.15) is 31.2 Å². The maximum atomic E-state index is 13.0. The van der Waals surface area contributed by atoms with Gasteiger partial charge in [-0.05, 0) is 53.1 Å². The number of rotatable bonds is 3. The van der Waals surface area contributed by atoms with Gasteiger partial charge in [0.2, 0.25) is 0 Å². The number of alkyl halides is 3. The number of hydrogen-bond acceptors (Lipinski definition) is 1.